The van der Waals surface area contributed by atoms with E-state index >= 15 is 0 Å². The van der Waals surface area contributed by atoms with E-state index in [-0.39, 0.29) is 5.91 Å². The smallest absolute Gasteiger partial charge is 0.248 e. The van der Waals surface area contributed by atoms with Gasteiger partial charge in [0.15, 0.2) is 0 Å². The fourth-order valence-electron chi connectivity index (χ4n) is 1.52. The van der Waals surface area contributed by atoms with E-state index in [0.29, 0.717) is 13.0 Å². The van der Waals surface area contributed by atoms with Crippen molar-refractivity contribution in [2.45, 2.75) is 13.0 Å². The third-order valence-electron chi connectivity index (χ3n) is 2.34. The number of hydrogen-bond acceptors (Lipinski definition) is 2. The van der Waals surface area contributed by atoms with Crippen LogP contribution in [-0.4, -0.2) is 23.8 Å². The summed E-state index contributed by atoms with van der Waals surface area (Å²) in [6.45, 7) is 0.582. The summed E-state index contributed by atoms with van der Waals surface area (Å²) in [5, 5.41) is 1.59. The van der Waals surface area contributed by atoms with E-state index in [2.05, 4.69) is 10.4 Å². The van der Waals surface area contributed by atoms with E-state index in [1.54, 1.807) is 12.1 Å². The molecule has 1 N–H and O–H groups in total. The van der Waals surface area contributed by atoms with Crippen LogP contribution in [0, 0.1) is 0 Å². The summed E-state index contributed by atoms with van der Waals surface area (Å²) in [5.41, 5.74) is 4.08. The summed E-state index contributed by atoms with van der Waals surface area (Å²) in [5.74, 6) is 0.801. The van der Waals surface area contributed by atoms with Gasteiger partial charge in [0.2, 0.25) is 5.91 Å². The number of carbonyl (C=O) groups excluding carboxylic acids is 1. The van der Waals surface area contributed by atoms with Gasteiger partial charge in [-0.15, -0.1) is 0 Å². The van der Waals surface area contributed by atoms with E-state index in [4.69, 9.17) is 0 Å². The molecule has 0 unspecified atom stereocenters. The molecule has 0 radical (unpaired) electrons. The van der Waals surface area contributed by atoms with Crippen molar-refractivity contribution in [3.63, 3.8) is 0 Å². The largest absolute Gasteiger partial charge is 0.282 e. The standard InChI is InChI=1S/C11H13N3O/c1-12-10-7-11(15)14(13-10)8-9-5-3-2-4-6-9/h2-6H,7-8H2,1H3,(H,12,13). The second kappa shape index (κ2) is 4.13. The molecule has 1 heterocycles. The summed E-state index contributed by atoms with van der Waals surface area (Å²) in [6.07, 6.45) is 0.378. The molecule has 1 aliphatic rings. The van der Waals surface area contributed by atoms with Crippen LogP contribution >= 0.6 is 0 Å². The quantitative estimate of drug-likeness (QED) is 0.777. The molecule has 2 rings (SSSR count). The number of nitrogens with zero attached hydrogens (tertiary/aromatic N) is 2. The van der Waals surface area contributed by atoms with Gasteiger partial charge in [-0.1, -0.05) is 30.3 Å². The number of carbonyl (C=O) groups is 1. The predicted octanol–water partition coefficient (Wildman–Crippen LogP) is 0.952. The fraction of sp³-hybridized carbons (Fsp3) is 0.273. The highest BCUT2D eigenvalue weighted by atomic mass is 16.2. The molecule has 1 amide bonds. The SMILES string of the molecule is CN=C1CC(=O)N(Cc2ccccc2)N1. The normalized spacial score (nSPS) is 18.3. The molecule has 0 saturated carbocycles. The molecule has 1 aromatic rings. The van der Waals surface area contributed by atoms with E-state index in [1.165, 1.54) is 0 Å². The second-order valence-electron chi connectivity index (χ2n) is 3.42. The van der Waals surface area contributed by atoms with Gasteiger partial charge in [0, 0.05) is 7.05 Å². The molecule has 0 atom stereocenters. The van der Waals surface area contributed by atoms with Crippen molar-refractivity contribution < 1.29 is 4.79 Å². The minimum absolute atomic E-state index is 0.0689. The van der Waals surface area contributed by atoms with Crippen LogP contribution in [0.3, 0.4) is 0 Å². The lowest BCUT2D eigenvalue weighted by molar-refractivity contribution is -0.130. The first-order valence-corrected chi connectivity index (χ1v) is 4.86. The fourth-order valence-corrected chi connectivity index (χ4v) is 1.52. The lowest BCUT2D eigenvalue weighted by Crippen LogP contribution is -2.35. The summed E-state index contributed by atoms with van der Waals surface area (Å²) < 4.78 is 0. The van der Waals surface area contributed by atoms with Gasteiger partial charge in [0.05, 0.1) is 13.0 Å². The number of rotatable bonds is 2. The summed E-state index contributed by atoms with van der Waals surface area (Å²) in [6, 6.07) is 9.88. The number of hydrogen-bond donors (Lipinski definition) is 1. The zero-order chi connectivity index (χ0) is 10.7. The Kier molecular flexibility index (Phi) is 2.67. The predicted molar refractivity (Wildman–Crippen MR) is 58.1 cm³/mol. The maximum atomic E-state index is 11.5. The zero-order valence-electron chi connectivity index (χ0n) is 8.60. The average Bonchev–Trinajstić information content (AvgIpc) is 2.61. The molecule has 0 aliphatic carbocycles. The van der Waals surface area contributed by atoms with Crippen LogP contribution in [0.25, 0.3) is 0 Å². The Morgan fingerprint density at radius 3 is 2.73 bits per heavy atom. The van der Waals surface area contributed by atoms with Crippen LogP contribution in [0.15, 0.2) is 35.3 Å². The zero-order valence-corrected chi connectivity index (χ0v) is 8.60. The average molecular weight is 203 g/mol. The Balaban J connectivity index is 2.05. The maximum absolute atomic E-state index is 11.5. The van der Waals surface area contributed by atoms with Crippen LogP contribution < -0.4 is 5.43 Å². The van der Waals surface area contributed by atoms with E-state index < -0.39 is 0 Å². The van der Waals surface area contributed by atoms with Crippen molar-refractivity contribution in [3.8, 4) is 0 Å². The lowest BCUT2D eigenvalue weighted by Gasteiger charge is -2.15. The summed E-state index contributed by atoms with van der Waals surface area (Å²) in [4.78, 5) is 15.5. The van der Waals surface area contributed by atoms with Crippen LogP contribution in [0.5, 0.6) is 0 Å². The van der Waals surface area contributed by atoms with Crippen molar-refractivity contribution in [1.82, 2.24) is 10.4 Å². The van der Waals surface area contributed by atoms with Crippen LogP contribution in [0.2, 0.25) is 0 Å². The first-order valence-electron chi connectivity index (χ1n) is 4.86. The Morgan fingerprint density at radius 1 is 1.40 bits per heavy atom. The van der Waals surface area contributed by atoms with E-state index in [1.807, 2.05) is 30.3 Å². The molecule has 1 aromatic carbocycles. The molecular formula is C11H13N3O. The van der Waals surface area contributed by atoms with Gasteiger partial charge >= 0.3 is 0 Å². The van der Waals surface area contributed by atoms with Crippen LogP contribution in [0.4, 0.5) is 0 Å². The number of nitrogens with one attached hydrogen (secondary N) is 1. The lowest BCUT2D eigenvalue weighted by atomic mass is 10.2. The third-order valence-corrected chi connectivity index (χ3v) is 2.34. The maximum Gasteiger partial charge on any atom is 0.248 e. The third kappa shape index (κ3) is 2.15. The highest BCUT2D eigenvalue weighted by molar-refractivity contribution is 6.04. The van der Waals surface area contributed by atoms with Gasteiger partial charge < -0.3 is 0 Å². The molecular weight excluding hydrogens is 190 g/mol. The number of amides is 1. The Hall–Kier alpha value is -1.84. The number of benzene rings is 1. The number of aliphatic imine (C=N–C) groups is 1. The Bertz CT molecular complexity index is 386. The molecule has 0 spiro atoms. The van der Waals surface area contributed by atoms with Crippen LogP contribution in [0.1, 0.15) is 12.0 Å². The minimum Gasteiger partial charge on any atom is -0.282 e. The molecule has 1 aliphatic heterocycles. The van der Waals surface area contributed by atoms with Crippen molar-refractivity contribution in [2.24, 2.45) is 4.99 Å². The minimum atomic E-state index is 0.0689. The molecule has 15 heavy (non-hydrogen) atoms. The van der Waals surface area contributed by atoms with Gasteiger partial charge in [-0.2, -0.15) is 0 Å². The van der Waals surface area contributed by atoms with Gasteiger partial charge in [-0.25, -0.2) is 0 Å². The Labute approximate surface area is 88.6 Å². The number of amidine groups is 1. The molecule has 1 fully saturated rings. The molecule has 78 valence electrons. The first-order chi connectivity index (χ1) is 7.29. The van der Waals surface area contributed by atoms with Gasteiger partial charge in [0.25, 0.3) is 0 Å². The van der Waals surface area contributed by atoms with Gasteiger partial charge in [-0.3, -0.25) is 20.2 Å². The van der Waals surface area contributed by atoms with Crippen molar-refractivity contribution >= 4 is 11.7 Å². The molecule has 0 bridgehead atoms. The molecule has 4 heteroatoms. The number of hydrazine groups is 1. The summed E-state index contributed by atoms with van der Waals surface area (Å²) >= 11 is 0. The molecule has 4 nitrogen and oxygen atoms in total. The summed E-state index contributed by atoms with van der Waals surface area (Å²) in [7, 11) is 1.68. The second-order valence-corrected chi connectivity index (χ2v) is 3.42. The molecule has 1 saturated heterocycles. The molecule has 0 aromatic heterocycles. The van der Waals surface area contributed by atoms with Gasteiger partial charge in [0.1, 0.15) is 5.84 Å². The van der Waals surface area contributed by atoms with Crippen molar-refractivity contribution in [3.05, 3.63) is 35.9 Å². The van der Waals surface area contributed by atoms with Crippen LogP contribution in [-0.2, 0) is 11.3 Å². The van der Waals surface area contributed by atoms with Crippen molar-refractivity contribution in [1.29, 1.82) is 0 Å². The van der Waals surface area contributed by atoms with E-state index in [9.17, 15) is 4.79 Å². The first kappa shape index (κ1) is 9.71. The monoisotopic (exact) mass is 203 g/mol. The van der Waals surface area contributed by atoms with Gasteiger partial charge in [-0.05, 0) is 5.56 Å². The highest BCUT2D eigenvalue weighted by Gasteiger charge is 2.24. The Morgan fingerprint density at radius 2 is 2.13 bits per heavy atom. The topological polar surface area (TPSA) is 44.7 Å². The van der Waals surface area contributed by atoms with Crippen molar-refractivity contribution in [2.75, 3.05) is 7.05 Å². The highest BCUT2D eigenvalue weighted by Crippen LogP contribution is 2.08. The van der Waals surface area contributed by atoms with E-state index in [0.717, 1.165) is 11.4 Å².